The molecule has 1 aliphatic carbocycles. The summed E-state index contributed by atoms with van der Waals surface area (Å²) in [5, 5.41) is 2.43. The van der Waals surface area contributed by atoms with E-state index in [-0.39, 0.29) is 12.5 Å². The van der Waals surface area contributed by atoms with Gasteiger partial charge < -0.3 is 14.8 Å². The molecule has 1 amide bonds. The van der Waals surface area contributed by atoms with Crippen molar-refractivity contribution in [1.82, 2.24) is 5.32 Å². The van der Waals surface area contributed by atoms with Gasteiger partial charge in [0.15, 0.2) is 0 Å². The Kier molecular flexibility index (Phi) is 7.48. The molecule has 3 rings (SSSR count). The Hall–Kier alpha value is -3.81. The fraction of sp³-hybridized carbons (Fsp3) is 0.393. The monoisotopic (exact) mass is 493 g/mol. The number of rotatable bonds is 6. The number of carbonyl (C=O) groups is 5. The van der Waals surface area contributed by atoms with Gasteiger partial charge in [-0.15, -0.1) is 0 Å². The highest BCUT2D eigenvalue weighted by Crippen LogP contribution is 2.44. The van der Waals surface area contributed by atoms with Crippen molar-refractivity contribution >= 4 is 29.6 Å². The number of carbonyl (C=O) groups excluding carboxylic acids is 5. The van der Waals surface area contributed by atoms with Crippen molar-refractivity contribution in [3.63, 3.8) is 0 Å². The number of Topliss-reactive ketones (excluding diaryl/α,β-unsaturated/α-hetero) is 2. The molecule has 8 nitrogen and oxygen atoms in total. The maximum atomic E-state index is 12.8. The van der Waals surface area contributed by atoms with Crippen LogP contribution in [0.25, 0.3) is 11.1 Å². The van der Waals surface area contributed by atoms with Crippen LogP contribution < -0.4 is 5.32 Å². The molecule has 0 unspecified atom stereocenters. The molecule has 1 aliphatic rings. The predicted molar refractivity (Wildman–Crippen MR) is 132 cm³/mol. The number of ketones is 2. The van der Waals surface area contributed by atoms with Crippen LogP contribution in [0.2, 0.25) is 0 Å². The van der Waals surface area contributed by atoms with E-state index in [9.17, 15) is 24.0 Å². The second kappa shape index (κ2) is 10.0. The molecule has 190 valence electrons. The van der Waals surface area contributed by atoms with E-state index in [1.54, 1.807) is 20.8 Å². The van der Waals surface area contributed by atoms with Gasteiger partial charge in [0.2, 0.25) is 5.78 Å². The summed E-state index contributed by atoms with van der Waals surface area (Å²) < 4.78 is 9.99. The number of hydrogen-bond donors (Lipinski definition) is 1. The molecule has 2 aromatic carbocycles. The molecule has 0 bridgehead atoms. The maximum absolute atomic E-state index is 12.8. The van der Waals surface area contributed by atoms with Crippen LogP contribution in [0.15, 0.2) is 48.5 Å². The van der Waals surface area contributed by atoms with Gasteiger partial charge >= 0.3 is 18.0 Å². The Morgan fingerprint density at radius 1 is 0.806 bits per heavy atom. The third kappa shape index (κ3) is 5.70. The summed E-state index contributed by atoms with van der Waals surface area (Å²) in [7, 11) is 0. The highest BCUT2D eigenvalue weighted by atomic mass is 16.6. The van der Waals surface area contributed by atoms with Crippen molar-refractivity contribution in [3.05, 3.63) is 59.7 Å². The Morgan fingerprint density at radius 3 is 1.78 bits per heavy atom. The van der Waals surface area contributed by atoms with Gasteiger partial charge in [-0.1, -0.05) is 90.1 Å². The quantitative estimate of drug-likeness (QED) is 0.364. The Labute approximate surface area is 210 Å². The first-order chi connectivity index (χ1) is 16.7. The minimum absolute atomic E-state index is 0.0218. The van der Waals surface area contributed by atoms with Crippen molar-refractivity contribution < 1.29 is 33.4 Å². The lowest BCUT2D eigenvalue weighted by atomic mass is 9.84. The van der Waals surface area contributed by atoms with E-state index in [1.165, 1.54) is 20.8 Å². The van der Waals surface area contributed by atoms with Gasteiger partial charge in [-0.3, -0.25) is 9.59 Å². The molecule has 1 atom stereocenters. The first-order valence-electron chi connectivity index (χ1n) is 11.7. The molecular formula is C28H31NO7. The summed E-state index contributed by atoms with van der Waals surface area (Å²) in [4.78, 5) is 61.9. The smallest absolute Gasteiger partial charge is 0.407 e. The van der Waals surface area contributed by atoms with Crippen LogP contribution in [0.4, 0.5) is 4.79 Å². The Bertz CT molecular complexity index is 1170. The SMILES string of the molecule is CC(C)(C)C(=O)C(=O)OC(=O)C(=O)[C@@H](NC(=O)OCC1c2ccccc2-c2ccccc21)C(C)(C)C. The zero-order valence-electron chi connectivity index (χ0n) is 21.3. The number of amides is 1. The van der Waals surface area contributed by atoms with E-state index in [2.05, 4.69) is 10.1 Å². The number of hydrogen-bond acceptors (Lipinski definition) is 7. The van der Waals surface area contributed by atoms with E-state index < -0.39 is 46.5 Å². The molecule has 36 heavy (non-hydrogen) atoms. The van der Waals surface area contributed by atoms with Gasteiger partial charge in [0.25, 0.3) is 5.78 Å². The molecule has 0 heterocycles. The molecule has 0 fully saturated rings. The molecule has 0 saturated carbocycles. The third-order valence-corrected chi connectivity index (χ3v) is 5.99. The zero-order chi connectivity index (χ0) is 26.8. The van der Waals surface area contributed by atoms with E-state index >= 15 is 0 Å². The number of ether oxygens (including phenoxy) is 2. The summed E-state index contributed by atoms with van der Waals surface area (Å²) >= 11 is 0. The molecule has 8 heteroatoms. The van der Waals surface area contributed by atoms with E-state index in [0.29, 0.717) is 0 Å². The Balaban J connectivity index is 1.69. The van der Waals surface area contributed by atoms with E-state index in [0.717, 1.165) is 22.3 Å². The lowest BCUT2D eigenvalue weighted by Gasteiger charge is -2.29. The Morgan fingerprint density at radius 2 is 1.31 bits per heavy atom. The lowest BCUT2D eigenvalue weighted by Crippen LogP contribution is -2.52. The molecule has 0 aromatic heterocycles. The molecule has 0 radical (unpaired) electrons. The van der Waals surface area contributed by atoms with E-state index in [4.69, 9.17) is 4.74 Å². The number of alkyl carbamates (subject to hydrolysis) is 1. The number of esters is 2. The largest absolute Gasteiger partial charge is 0.449 e. The summed E-state index contributed by atoms with van der Waals surface area (Å²) in [6.45, 7) is 9.38. The minimum atomic E-state index is -1.52. The van der Waals surface area contributed by atoms with Crippen molar-refractivity contribution in [2.75, 3.05) is 6.61 Å². The van der Waals surface area contributed by atoms with Gasteiger partial charge in [-0.05, 0) is 27.7 Å². The first-order valence-corrected chi connectivity index (χ1v) is 11.7. The molecule has 0 saturated heterocycles. The fourth-order valence-corrected chi connectivity index (χ4v) is 4.04. The predicted octanol–water partition coefficient (Wildman–Crippen LogP) is 4.19. The molecule has 0 spiro atoms. The van der Waals surface area contributed by atoms with Crippen LogP contribution in [0.3, 0.4) is 0 Å². The van der Waals surface area contributed by atoms with Gasteiger partial charge in [-0.25, -0.2) is 14.4 Å². The molecule has 0 aliphatic heterocycles. The van der Waals surface area contributed by atoms with Crippen molar-refractivity contribution in [2.24, 2.45) is 10.8 Å². The van der Waals surface area contributed by atoms with Crippen LogP contribution in [-0.4, -0.2) is 42.2 Å². The van der Waals surface area contributed by atoms with Crippen molar-refractivity contribution in [3.8, 4) is 11.1 Å². The zero-order valence-corrected chi connectivity index (χ0v) is 21.3. The van der Waals surface area contributed by atoms with Crippen molar-refractivity contribution in [1.29, 1.82) is 0 Å². The summed E-state index contributed by atoms with van der Waals surface area (Å²) in [5.74, 6) is -5.23. The average Bonchev–Trinajstić information content (AvgIpc) is 3.12. The molecule has 2 aromatic rings. The second-order valence-corrected chi connectivity index (χ2v) is 10.9. The summed E-state index contributed by atoms with van der Waals surface area (Å²) in [6, 6.07) is 14.4. The summed E-state index contributed by atoms with van der Waals surface area (Å²) in [5.41, 5.74) is 2.20. The van der Waals surface area contributed by atoms with Crippen LogP contribution in [-0.2, 0) is 28.7 Å². The topological polar surface area (TPSA) is 116 Å². The van der Waals surface area contributed by atoms with Crippen LogP contribution in [0.1, 0.15) is 58.6 Å². The van der Waals surface area contributed by atoms with Crippen LogP contribution >= 0.6 is 0 Å². The standard InChI is InChI=1S/C28H31NO7/c1-27(2,3)22(21(30)24(32)36-25(33)23(31)28(4,5)6)29-26(34)35-15-20-18-13-9-7-11-16(18)17-12-8-10-14-19(17)20/h7-14,20,22H,15H2,1-6H3,(H,29,34)/t22-/m1/s1. The normalized spacial score (nSPS) is 13.7. The first kappa shape index (κ1) is 26.8. The van der Waals surface area contributed by atoms with Crippen LogP contribution in [0, 0.1) is 10.8 Å². The van der Waals surface area contributed by atoms with Gasteiger partial charge in [0.05, 0.1) is 0 Å². The van der Waals surface area contributed by atoms with Gasteiger partial charge in [0, 0.05) is 11.3 Å². The van der Waals surface area contributed by atoms with E-state index in [1.807, 2.05) is 48.5 Å². The second-order valence-electron chi connectivity index (χ2n) is 10.9. The summed E-state index contributed by atoms with van der Waals surface area (Å²) in [6.07, 6.45) is -0.893. The van der Waals surface area contributed by atoms with Crippen molar-refractivity contribution in [2.45, 2.75) is 53.5 Å². The number of fused-ring (bicyclic) bond motifs is 3. The third-order valence-electron chi connectivity index (χ3n) is 5.99. The number of benzene rings is 2. The average molecular weight is 494 g/mol. The minimum Gasteiger partial charge on any atom is -0.449 e. The lowest BCUT2D eigenvalue weighted by molar-refractivity contribution is -0.169. The van der Waals surface area contributed by atoms with Gasteiger partial charge in [-0.2, -0.15) is 0 Å². The highest BCUT2D eigenvalue weighted by molar-refractivity contribution is 6.44. The molecular weight excluding hydrogens is 462 g/mol. The fourth-order valence-electron chi connectivity index (χ4n) is 4.04. The molecule has 1 N–H and O–H groups in total. The van der Waals surface area contributed by atoms with Gasteiger partial charge in [0.1, 0.15) is 12.6 Å². The number of nitrogens with one attached hydrogen (secondary N) is 1. The van der Waals surface area contributed by atoms with Crippen LogP contribution in [0.5, 0.6) is 0 Å². The highest BCUT2D eigenvalue weighted by Gasteiger charge is 2.40. The maximum Gasteiger partial charge on any atom is 0.407 e.